The lowest BCUT2D eigenvalue weighted by Gasteiger charge is -2.12. The summed E-state index contributed by atoms with van der Waals surface area (Å²) in [6, 6.07) is 5.22. The topological polar surface area (TPSA) is 87.5 Å². The molecule has 1 N–H and O–H groups in total. The first-order valence-corrected chi connectivity index (χ1v) is 5.39. The number of aliphatic hydroxyl groups excluding tert-OH is 1. The number of hydrogen-bond acceptors (Lipinski definition) is 4. The van der Waals surface area contributed by atoms with Gasteiger partial charge in [-0.25, -0.2) is 0 Å². The van der Waals surface area contributed by atoms with Crippen LogP contribution in [0.4, 0.5) is 0 Å². The molecule has 6 nitrogen and oxygen atoms in total. The Morgan fingerprint density at radius 1 is 1.35 bits per heavy atom. The molecule has 0 bridgehead atoms. The maximum Gasteiger partial charge on any atom is 0.161 e. The summed E-state index contributed by atoms with van der Waals surface area (Å²) in [4.78, 5) is 2.61. The van der Waals surface area contributed by atoms with E-state index in [1.165, 1.54) is 0 Å². The van der Waals surface area contributed by atoms with Gasteiger partial charge < -0.3 is 14.6 Å². The molecule has 0 aromatic heterocycles. The van der Waals surface area contributed by atoms with E-state index in [4.69, 9.17) is 15.0 Å². The van der Waals surface area contributed by atoms with Gasteiger partial charge >= 0.3 is 0 Å². The summed E-state index contributed by atoms with van der Waals surface area (Å²) in [6.45, 7) is 1.24. The monoisotopic (exact) mass is 235 g/mol. The third-order valence-electron chi connectivity index (χ3n) is 2.47. The van der Waals surface area contributed by atoms with Crippen molar-refractivity contribution in [1.29, 1.82) is 0 Å². The molecule has 1 aliphatic rings. The van der Waals surface area contributed by atoms with Gasteiger partial charge in [-0.3, -0.25) is 0 Å². The maximum absolute atomic E-state index is 9.76. The van der Waals surface area contributed by atoms with E-state index < -0.39 is 6.10 Å². The van der Waals surface area contributed by atoms with Crippen LogP contribution in [0.3, 0.4) is 0 Å². The SMILES string of the molecule is [N-]=[N+]=NC[C@H](O)c1ccc2c(c1)OCCCO2. The zero-order valence-corrected chi connectivity index (χ0v) is 9.24. The molecule has 1 aliphatic heterocycles. The predicted octanol–water partition coefficient (Wildman–Crippen LogP) is 2.19. The second kappa shape index (κ2) is 5.43. The third kappa shape index (κ3) is 2.81. The van der Waals surface area contributed by atoms with Crippen LogP contribution < -0.4 is 9.47 Å². The fraction of sp³-hybridized carbons (Fsp3) is 0.455. The van der Waals surface area contributed by atoms with Crippen molar-refractivity contribution in [1.82, 2.24) is 0 Å². The van der Waals surface area contributed by atoms with Gasteiger partial charge in [-0.05, 0) is 23.2 Å². The molecule has 1 aromatic rings. The third-order valence-corrected chi connectivity index (χ3v) is 2.47. The fourth-order valence-corrected chi connectivity index (χ4v) is 1.61. The minimum absolute atomic E-state index is 0.0101. The first-order chi connectivity index (χ1) is 8.31. The van der Waals surface area contributed by atoms with Gasteiger partial charge in [-0.2, -0.15) is 0 Å². The van der Waals surface area contributed by atoms with Crippen LogP contribution in [0.1, 0.15) is 18.1 Å². The van der Waals surface area contributed by atoms with Crippen LogP contribution in [-0.2, 0) is 0 Å². The number of rotatable bonds is 3. The summed E-state index contributed by atoms with van der Waals surface area (Å²) >= 11 is 0. The van der Waals surface area contributed by atoms with Gasteiger partial charge in [0, 0.05) is 11.3 Å². The lowest BCUT2D eigenvalue weighted by atomic mass is 10.1. The van der Waals surface area contributed by atoms with Gasteiger partial charge in [0.25, 0.3) is 0 Å². The Labute approximate surface area is 98.4 Å². The van der Waals surface area contributed by atoms with E-state index in [1.807, 2.05) is 0 Å². The summed E-state index contributed by atoms with van der Waals surface area (Å²) < 4.78 is 11.0. The number of ether oxygens (including phenoxy) is 2. The van der Waals surface area contributed by atoms with E-state index in [-0.39, 0.29) is 6.54 Å². The summed E-state index contributed by atoms with van der Waals surface area (Å²) in [5, 5.41) is 13.1. The zero-order valence-electron chi connectivity index (χ0n) is 9.24. The molecule has 0 aliphatic carbocycles. The number of hydrogen-bond donors (Lipinski definition) is 1. The van der Waals surface area contributed by atoms with Gasteiger partial charge in [-0.1, -0.05) is 11.2 Å². The molecule has 17 heavy (non-hydrogen) atoms. The smallest absolute Gasteiger partial charge is 0.161 e. The zero-order chi connectivity index (χ0) is 12.1. The van der Waals surface area contributed by atoms with E-state index in [9.17, 15) is 5.11 Å². The van der Waals surface area contributed by atoms with E-state index in [0.717, 1.165) is 6.42 Å². The minimum atomic E-state index is -0.817. The Morgan fingerprint density at radius 3 is 2.88 bits per heavy atom. The van der Waals surface area contributed by atoms with Gasteiger partial charge in [0.1, 0.15) is 0 Å². The molecule has 0 unspecified atom stereocenters. The Bertz CT molecular complexity index is 444. The molecule has 0 saturated carbocycles. The quantitative estimate of drug-likeness (QED) is 0.494. The minimum Gasteiger partial charge on any atom is -0.490 e. The van der Waals surface area contributed by atoms with Crippen LogP contribution >= 0.6 is 0 Å². The van der Waals surface area contributed by atoms with E-state index in [0.29, 0.717) is 30.3 Å². The molecule has 1 aromatic carbocycles. The van der Waals surface area contributed by atoms with Crippen molar-refractivity contribution in [2.45, 2.75) is 12.5 Å². The highest BCUT2D eigenvalue weighted by molar-refractivity contribution is 5.44. The van der Waals surface area contributed by atoms with Crippen LogP contribution in [0, 0.1) is 0 Å². The largest absolute Gasteiger partial charge is 0.490 e. The Kier molecular flexibility index (Phi) is 3.69. The van der Waals surface area contributed by atoms with Crippen LogP contribution in [0.25, 0.3) is 10.4 Å². The van der Waals surface area contributed by atoms with Crippen molar-refractivity contribution in [3.63, 3.8) is 0 Å². The highest BCUT2D eigenvalue weighted by Gasteiger charge is 2.13. The lowest BCUT2D eigenvalue weighted by Crippen LogP contribution is -2.02. The summed E-state index contributed by atoms with van der Waals surface area (Å²) in [7, 11) is 0. The first kappa shape index (κ1) is 11.6. The lowest BCUT2D eigenvalue weighted by molar-refractivity contribution is 0.186. The van der Waals surface area contributed by atoms with Crippen LogP contribution in [0.2, 0.25) is 0 Å². The average Bonchev–Trinajstić information content (AvgIpc) is 2.60. The van der Waals surface area contributed by atoms with E-state index in [1.54, 1.807) is 18.2 Å². The molecule has 0 radical (unpaired) electrons. The summed E-state index contributed by atoms with van der Waals surface area (Å²) in [5.41, 5.74) is 8.85. The van der Waals surface area contributed by atoms with E-state index >= 15 is 0 Å². The van der Waals surface area contributed by atoms with Crippen molar-refractivity contribution < 1.29 is 14.6 Å². The Balaban J connectivity index is 2.19. The van der Waals surface area contributed by atoms with Crippen molar-refractivity contribution in [2.75, 3.05) is 19.8 Å². The number of fused-ring (bicyclic) bond motifs is 1. The molecule has 1 heterocycles. The van der Waals surface area contributed by atoms with Crippen molar-refractivity contribution in [3.8, 4) is 11.5 Å². The van der Waals surface area contributed by atoms with Crippen molar-refractivity contribution >= 4 is 0 Å². The molecular formula is C11H13N3O3. The molecule has 1 atom stereocenters. The maximum atomic E-state index is 9.76. The van der Waals surface area contributed by atoms with Crippen LogP contribution in [-0.4, -0.2) is 24.9 Å². The molecule has 0 amide bonds. The molecule has 0 saturated heterocycles. The predicted molar refractivity (Wildman–Crippen MR) is 61.0 cm³/mol. The van der Waals surface area contributed by atoms with Gasteiger partial charge in [-0.15, -0.1) is 0 Å². The number of benzene rings is 1. The number of azide groups is 1. The molecule has 2 rings (SSSR count). The van der Waals surface area contributed by atoms with Gasteiger partial charge in [0.15, 0.2) is 11.5 Å². The standard InChI is InChI=1S/C11H13N3O3/c12-14-13-7-9(15)8-2-3-10-11(6-8)17-5-1-4-16-10/h2-3,6,9,15H,1,4-5,7H2/t9-/m0/s1. The fourth-order valence-electron chi connectivity index (χ4n) is 1.61. The molecule has 0 fully saturated rings. The first-order valence-electron chi connectivity index (χ1n) is 5.39. The van der Waals surface area contributed by atoms with Crippen molar-refractivity contribution in [3.05, 3.63) is 34.2 Å². The highest BCUT2D eigenvalue weighted by Crippen LogP contribution is 2.32. The van der Waals surface area contributed by atoms with E-state index in [2.05, 4.69) is 10.0 Å². The number of nitrogens with zero attached hydrogens (tertiary/aromatic N) is 3. The van der Waals surface area contributed by atoms with Crippen LogP contribution in [0.5, 0.6) is 11.5 Å². The number of aliphatic hydroxyl groups is 1. The molecule has 6 heteroatoms. The second-order valence-electron chi connectivity index (χ2n) is 3.69. The Morgan fingerprint density at radius 2 is 2.12 bits per heavy atom. The average molecular weight is 235 g/mol. The summed E-state index contributed by atoms with van der Waals surface area (Å²) in [6.07, 6.45) is 0.0220. The summed E-state index contributed by atoms with van der Waals surface area (Å²) in [5.74, 6) is 1.31. The second-order valence-corrected chi connectivity index (χ2v) is 3.69. The molecule has 0 spiro atoms. The normalized spacial score (nSPS) is 15.6. The van der Waals surface area contributed by atoms with Crippen molar-refractivity contribution in [2.24, 2.45) is 5.11 Å². The van der Waals surface area contributed by atoms with Gasteiger partial charge in [0.2, 0.25) is 0 Å². The highest BCUT2D eigenvalue weighted by atomic mass is 16.5. The Hall–Kier alpha value is -1.91. The molecular weight excluding hydrogens is 222 g/mol. The van der Waals surface area contributed by atoms with Crippen LogP contribution in [0.15, 0.2) is 23.3 Å². The molecule has 90 valence electrons. The van der Waals surface area contributed by atoms with Gasteiger partial charge in [0.05, 0.1) is 25.9 Å².